The van der Waals surface area contributed by atoms with Gasteiger partial charge in [0, 0.05) is 25.1 Å². The molecular weight excluding hydrogens is 482 g/mol. The van der Waals surface area contributed by atoms with Crippen LogP contribution in [-0.4, -0.2) is 37.6 Å². The third kappa shape index (κ3) is 3.04. The Labute approximate surface area is 211 Å². The Bertz CT molecular complexity index is 1560. The third-order valence-electron chi connectivity index (χ3n) is 7.33. The van der Waals surface area contributed by atoms with E-state index in [1.807, 2.05) is 24.3 Å². The Kier molecular flexibility index (Phi) is 4.96. The molecule has 0 radical (unpaired) electrons. The second kappa shape index (κ2) is 7.87. The number of pyridine rings is 1. The van der Waals surface area contributed by atoms with Crippen LogP contribution in [0, 0.1) is 6.57 Å². The monoisotopic (exact) mass is 503 g/mol. The lowest BCUT2D eigenvalue weighted by Crippen LogP contribution is -2.33. The Morgan fingerprint density at radius 2 is 1.89 bits per heavy atom. The first-order valence-electron chi connectivity index (χ1n) is 11.5. The number of aromatic nitrogens is 2. The molecule has 4 aromatic rings. The molecule has 6 rings (SSSR count). The molecule has 0 saturated carbocycles. The summed E-state index contributed by atoms with van der Waals surface area (Å²) in [5.74, 6) is 0.0291. The SMILES string of the molecule is [C-]#[N+]c1ccc(-n2c(O)c3c(c2O)C2(C)OC3(CCOc3ccc(Cl)cn3)C[C@H]2O)c2ccccc12. The number of benzene rings is 2. The van der Waals surface area contributed by atoms with Crippen molar-refractivity contribution in [2.75, 3.05) is 6.61 Å². The van der Waals surface area contributed by atoms with E-state index >= 15 is 0 Å². The number of aromatic hydroxyl groups is 2. The number of rotatable bonds is 5. The van der Waals surface area contributed by atoms with E-state index in [9.17, 15) is 15.3 Å². The summed E-state index contributed by atoms with van der Waals surface area (Å²) < 4.78 is 13.5. The van der Waals surface area contributed by atoms with Gasteiger partial charge < -0.3 is 24.8 Å². The van der Waals surface area contributed by atoms with Gasteiger partial charge in [0.2, 0.25) is 17.6 Å². The largest absolute Gasteiger partial charge is 0.494 e. The van der Waals surface area contributed by atoms with E-state index in [0.717, 1.165) is 0 Å². The maximum absolute atomic E-state index is 11.5. The van der Waals surface area contributed by atoms with Crippen LogP contribution in [0.5, 0.6) is 17.6 Å². The zero-order valence-corrected chi connectivity index (χ0v) is 20.0. The van der Waals surface area contributed by atoms with Crippen LogP contribution in [0.2, 0.25) is 5.02 Å². The zero-order valence-electron chi connectivity index (χ0n) is 19.3. The summed E-state index contributed by atoms with van der Waals surface area (Å²) in [6.07, 6.45) is 1.15. The smallest absolute Gasteiger partial charge is 0.213 e. The van der Waals surface area contributed by atoms with Crippen molar-refractivity contribution in [3.05, 3.63) is 82.3 Å². The standard InChI is InChI=1S/C27H22ClN3O5/c1-26-20(32)13-27(36-26,11-12-35-21-10-7-15(28)14-30-21)23-22(26)24(33)31(25(23)34)19-9-8-18(29-2)16-5-3-4-6-17(16)19/h3-10,14,20,32-34H,11-13H2,1H3/t20-,26?,27?/m1/s1. The number of hydrogen-bond acceptors (Lipinski definition) is 6. The van der Waals surface area contributed by atoms with Crippen molar-refractivity contribution in [2.24, 2.45) is 0 Å². The molecule has 0 aliphatic carbocycles. The lowest BCUT2D eigenvalue weighted by molar-refractivity contribution is -0.107. The number of aliphatic hydroxyl groups is 1. The van der Waals surface area contributed by atoms with Crippen molar-refractivity contribution in [2.45, 2.75) is 37.1 Å². The van der Waals surface area contributed by atoms with Crippen LogP contribution in [0.15, 0.2) is 54.7 Å². The Morgan fingerprint density at radius 3 is 2.61 bits per heavy atom. The zero-order chi connectivity index (χ0) is 25.2. The van der Waals surface area contributed by atoms with E-state index in [0.29, 0.717) is 50.6 Å². The molecular formula is C27H22ClN3O5. The van der Waals surface area contributed by atoms with Crippen LogP contribution >= 0.6 is 11.6 Å². The molecule has 2 unspecified atom stereocenters. The molecule has 2 aromatic heterocycles. The van der Waals surface area contributed by atoms with E-state index in [1.165, 1.54) is 10.8 Å². The van der Waals surface area contributed by atoms with Crippen LogP contribution < -0.4 is 4.74 Å². The molecule has 3 atom stereocenters. The minimum Gasteiger partial charge on any atom is -0.494 e. The Balaban J connectivity index is 1.45. The molecule has 182 valence electrons. The molecule has 2 bridgehead atoms. The number of aliphatic hydroxyl groups excluding tert-OH is 1. The fourth-order valence-corrected chi connectivity index (χ4v) is 5.79. The molecule has 2 aliphatic heterocycles. The van der Waals surface area contributed by atoms with Gasteiger partial charge in [0.25, 0.3) is 0 Å². The average molecular weight is 504 g/mol. The van der Waals surface area contributed by atoms with Crippen LogP contribution in [0.1, 0.15) is 30.9 Å². The third-order valence-corrected chi connectivity index (χ3v) is 7.56. The van der Waals surface area contributed by atoms with Crippen LogP contribution in [0.25, 0.3) is 21.3 Å². The van der Waals surface area contributed by atoms with Gasteiger partial charge in [0.1, 0.15) is 11.2 Å². The lowest BCUT2D eigenvalue weighted by atomic mass is 9.76. The summed E-state index contributed by atoms with van der Waals surface area (Å²) in [4.78, 5) is 7.73. The molecule has 1 fully saturated rings. The first-order chi connectivity index (χ1) is 17.3. The highest BCUT2D eigenvalue weighted by atomic mass is 35.5. The quantitative estimate of drug-likeness (QED) is 0.319. The van der Waals surface area contributed by atoms with E-state index in [-0.39, 0.29) is 24.8 Å². The summed E-state index contributed by atoms with van der Waals surface area (Å²) in [5.41, 5.74) is -0.456. The minimum atomic E-state index is -1.20. The summed E-state index contributed by atoms with van der Waals surface area (Å²) >= 11 is 5.89. The predicted octanol–water partition coefficient (Wildman–Crippen LogP) is 5.32. The number of fused-ring (bicyclic) bond motifs is 6. The molecule has 4 heterocycles. The van der Waals surface area contributed by atoms with E-state index in [4.69, 9.17) is 27.6 Å². The molecule has 9 heteroatoms. The normalized spacial score (nSPS) is 24.1. The summed E-state index contributed by atoms with van der Waals surface area (Å²) in [7, 11) is 0. The molecule has 0 amide bonds. The van der Waals surface area contributed by atoms with E-state index in [1.54, 1.807) is 31.2 Å². The van der Waals surface area contributed by atoms with Crippen LogP contribution in [-0.2, 0) is 15.9 Å². The van der Waals surface area contributed by atoms with Crippen molar-refractivity contribution >= 4 is 28.1 Å². The van der Waals surface area contributed by atoms with Crippen molar-refractivity contribution in [3.63, 3.8) is 0 Å². The van der Waals surface area contributed by atoms with Gasteiger partial charge in [-0.15, -0.1) is 0 Å². The fraction of sp³-hybridized carbons (Fsp3) is 0.259. The molecule has 3 N–H and O–H groups in total. The second-order valence-electron chi connectivity index (χ2n) is 9.33. The average Bonchev–Trinajstić information content (AvgIpc) is 3.41. The summed E-state index contributed by atoms with van der Waals surface area (Å²) in [6.45, 7) is 9.40. The highest BCUT2D eigenvalue weighted by Crippen LogP contribution is 2.65. The highest BCUT2D eigenvalue weighted by Gasteiger charge is 2.66. The van der Waals surface area contributed by atoms with Gasteiger partial charge in [0.15, 0.2) is 5.69 Å². The van der Waals surface area contributed by atoms with Crippen molar-refractivity contribution in [3.8, 4) is 23.3 Å². The van der Waals surface area contributed by atoms with Crippen molar-refractivity contribution < 1.29 is 24.8 Å². The van der Waals surface area contributed by atoms with Crippen molar-refractivity contribution in [1.82, 2.24) is 9.55 Å². The first kappa shape index (κ1) is 22.7. The maximum Gasteiger partial charge on any atom is 0.213 e. The van der Waals surface area contributed by atoms with Gasteiger partial charge in [0.05, 0.1) is 41.1 Å². The van der Waals surface area contributed by atoms with Gasteiger partial charge in [-0.3, -0.25) is 4.57 Å². The number of nitrogens with zero attached hydrogens (tertiary/aromatic N) is 3. The van der Waals surface area contributed by atoms with Crippen LogP contribution in [0.3, 0.4) is 0 Å². The molecule has 36 heavy (non-hydrogen) atoms. The highest BCUT2D eigenvalue weighted by molar-refractivity contribution is 6.30. The molecule has 2 aliphatic rings. The first-order valence-corrected chi connectivity index (χ1v) is 11.9. The fourth-order valence-electron chi connectivity index (χ4n) is 5.68. The van der Waals surface area contributed by atoms with E-state index in [2.05, 4.69) is 9.83 Å². The maximum atomic E-state index is 11.5. The molecule has 2 aromatic carbocycles. The van der Waals surface area contributed by atoms with Gasteiger partial charge in [-0.05, 0) is 29.8 Å². The van der Waals surface area contributed by atoms with Gasteiger partial charge in [-0.25, -0.2) is 9.83 Å². The van der Waals surface area contributed by atoms with Crippen LogP contribution in [0.4, 0.5) is 5.69 Å². The Morgan fingerprint density at radius 1 is 1.14 bits per heavy atom. The molecule has 0 spiro atoms. The van der Waals surface area contributed by atoms with Gasteiger partial charge in [-0.2, -0.15) is 0 Å². The lowest BCUT2D eigenvalue weighted by Gasteiger charge is -2.26. The summed E-state index contributed by atoms with van der Waals surface area (Å²) in [5, 5.41) is 35.8. The Hall–Kier alpha value is -3.77. The second-order valence-corrected chi connectivity index (χ2v) is 9.77. The summed E-state index contributed by atoms with van der Waals surface area (Å²) in [6, 6.07) is 14.1. The van der Waals surface area contributed by atoms with Crippen molar-refractivity contribution in [1.29, 1.82) is 0 Å². The number of hydrogen-bond donors (Lipinski definition) is 3. The van der Waals surface area contributed by atoms with Gasteiger partial charge >= 0.3 is 0 Å². The minimum absolute atomic E-state index is 0.163. The van der Waals surface area contributed by atoms with E-state index < -0.39 is 17.3 Å². The topological polar surface area (TPSA) is 101 Å². The number of halogens is 1. The molecule has 1 saturated heterocycles. The molecule has 8 nitrogen and oxygen atoms in total. The number of ether oxygens (including phenoxy) is 2. The predicted molar refractivity (Wildman–Crippen MR) is 133 cm³/mol. The van der Waals surface area contributed by atoms with Gasteiger partial charge in [-0.1, -0.05) is 41.9 Å².